The molecule has 166 valence electrons. The number of carbonyl (C=O) groups excluding carboxylic acids is 1. The van der Waals surface area contributed by atoms with Crippen LogP contribution in [0.3, 0.4) is 0 Å². The first-order valence-electron chi connectivity index (χ1n) is 9.67. The maximum absolute atomic E-state index is 13.6. The van der Waals surface area contributed by atoms with Crippen LogP contribution < -0.4 is 5.01 Å². The second kappa shape index (κ2) is 8.58. The number of phenolic OH excluding ortho intramolecular Hbond substituents is 1. The number of aromatic hydroxyl groups is 1. The highest BCUT2D eigenvalue weighted by atomic mass is 19.2. The average molecular weight is 450 g/mol. The Balaban J connectivity index is 1.61. The van der Waals surface area contributed by atoms with Gasteiger partial charge in [0, 0.05) is 11.6 Å². The smallest absolute Gasteiger partial charge is 0.335 e. The summed E-state index contributed by atoms with van der Waals surface area (Å²) in [7, 11) is 0. The lowest BCUT2D eigenvalue weighted by Crippen LogP contribution is -2.29. The van der Waals surface area contributed by atoms with Crippen LogP contribution in [0.1, 0.15) is 17.3 Å². The molecule has 4 rings (SSSR count). The monoisotopic (exact) mass is 450 g/mol. The Morgan fingerprint density at radius 1 is 1.06 bits per heavy atom. The Hall–Kier alpha value is -4.47. The maximum atomic E-state index is 13.6. The molecule has 0 saturated carbocycles. The molecule has 1 atom stereocenters. The number of phenols is 1. The summed E-state index contributed by atoms with van der Waals surface area (Å²) in [6.07, 6.45) is 0. The Morgan fingerprint density at radius 2 is 1.82 bits per heavy atom. The third kappa shape index (κ3) is 4.18. The van der Waals surface area contributed by atoms with Crippen molar-refractivity contribution < 1.29 is 28.6 Å². The Labute approximate surface area is 186 Å². The van der Waals surface area contributed by atoms with Gasteiger partial charge in [-0.2, -0.15) is 20.3 Å². The van der Waals surface area contributed by atoms with Crippen molar-refractivity contribution in [3.8, 4) is 16.9 Å². The lowest BCUT2D eigenvalue weighted by molar-refractivity contribution is -0.117. The fraction of sp³-hybridized carbons (Fsp3) is 0.0870. The molecule has 0 bridgehead atoms. The minimum atomic E-state index is -1.12. The van der Waals surface area contributed by atoms with Gasteiger partial charge in [-0.05, 0) is 42.8 Å². The molecule has 3 aromatic carbocycles. The standard InChI is InChI=1S/C23H16F2N4O4/c1-12-20(22(31)29(28-12)15-8-9-17(24)18(25)11-15)27-26-19-7-3-6-16(21(19)30)13-4-2-5-14(10-13)23(32)33/h2-11,20,30H,1H3,(H,32,33). The molecule has 1 amide bonds. The van der Waals surface area contributed by atoms with E-state index in [-0.39, 0.29) is 28.4 Å². The zero-order valence-electron chi connectivity index (χ0n) is 17.1. The van der Waals surface area contributed by atoms with Crippen LogP contribution in [0, 0.1) is 11.6 Å². The van der Waals surface area contributed by atoms with Gasteiger partial charge in [0.25, 0.3) is 5.91 Å². The van der Waals surface area contributed by atoms with Crippen LogP contribution in [0.5, 0.6) is 5.75 Å². The van der Waals surface area contributed by atoms with Crippen molar-refractivity contribution in [1.82, 2.24) is 0 Å². The van der Waals surface area contributed by atoms with Gasteiger partial charge in [0.05, 0.1) is 17.0 Å². The van der Waals surface area contributed by atoms with Crippen LogP contribution in [0.25, 0.3) is 11.1 Å². The van der Waals surface area contributed by atoms with Gasteiger partial charge in [0.1, 0.15) is 5.69 Å². The quantitative estimate of drug-likeness (QED) is 0.538. The van der Waals surface area contributed by atoms with E-state index in [2.05, 4.69) is 15.3 Å². The van der Waals surface area contributed by atoms with Crippen LogP contribution in [-0.4, -0.2) is 33.8 Å². The van der Waals surface area contributed by atoms with Gasteiger partial charge >= 0.3 is 5.97 Å². The minimum Gasteiger partial charge on any atom is -0.505 e. The highest BCUT2D eigenvalue weighted by molar-refractivity contribution is 6.18. The fourth-order valence-electron chi connectivity index (χ4n) is 3.28. The van der Waals surface area contributed by atoms with Gasteiger partial charge in [0.15, 0.2) is 23.4 Å². The largest absolute Gasteiger partial charge is 0.505 e. The number of hydrogen-bond acceptors (Lipinski definition) is 6. The number of carbonyl (C=O) groups is 2. The molecular formula is C23H16F2N4O4. The first-order valence-corrected chi connectivity index (χ1v) is 9.67. The van der Waals surface area contributed by atoms with Crippen molar-refractivity contribution in [3.05, 3.63) is 77.9 Å². The third-order valence-electron chi connectivity index (χ3n) is 4.96. The van der Waals surface area contributed by atoms with Crippen LogP contribution in [-0.2, 0) is 4.79 Å². The van der Waals surface area contributed by atoms with Gasteiger partial charge in [-0.15, -0.1) is 0 Å². The highest BCUT2D eigenvalue weighted by Crippen LogP contribution is 2.38. The summed E-state index contributed by atoms with van der Waals surface area (Å²) in [5.41, 5.74) is 1.22. The predicted molar refractivity (Wildman–Crippen MR) is 116 cm³/mol. The number of halogens is 2. The number of anilines is 1. The number of hydrazone groups is 1. The minimum absolute atomic E-state index is 0.0408. The van der Waals surface area contributed by atoms with E-state index in [0.29, 0.717) is 11.1 Å². The number of hydrogen-bond donors (Lipinski definition) is 2. The second-order valence-corrected chi connectivity index (χ2v) is 7.17. The Morgan fingerprint density at radius 3 is 2.55 bits per heavy atom. The van der Waals surface area contributed by atoms with Crippen molar-refractivity contribution >= 4 is 29.0 Å². The van der Waals surface area contributed by atoms with Gasteiger partial charge in [-0.3, -0.25) is 4.79 Å². The van der Waals surface area contributed by atoms with Crippen molar-refractivity contribution in [2.45, 2.75) is 13.0 Å². The van der Waals surface area contributed by atoms with Gasteiger partial charge in [-0.25, -0.2) is 13.6 Å². The summed E-state index contributed by atoms with van der Waals surface area (Å²) in [6, 6.07) is 12.5. The predicted octanol–water partition coefficient (Wildman–Crippen LogP) is 4.91. The Kier molecular flexibility index (Phi) is 5.65. The van der Waals surface area contributed by atoms with E-state index in [1.807, 2.05) is 0 Å². The van der Waals surface area contributed by atoms with Crippen molar-refractivity contribution in [1.29, 1.82) is 0 Å². The molecule has 0 aliphatic carbocycles. The number of rotatable bonds is 5. The van der Waals surface area contributed by atoms with E-state index in [1.54, 1.807) is 24.3 Å². The molecule has 10 heteroatoms. The number of azo groups is 1. The van der Waals surface area contributed by atoms with E-state index in [1.165, 1.54) is 31.2 Å². The van der Waals surface area contributed by atoms with Crippen molar-refractivity contribution in [2.75, 3.05) is 5.01 Å². The molecule has 33 heavy (non-hydrogen) atoms. The molecule has 3 aromatic rings. The normalized spacial score (nSPS) is 15.8. The number of para-hydroxylation sites is 1. The fourth-order valence-corrected chi connectivity index (χ4v) is 3.28. The van der Waals surface area contributed by atoms with Crippen LogP contribution >= 0.6 is 0 Å². The number of aromatic carboxylic acids is 1. The van der Waals surface area contributed by atoms with E-state index in [4.69, 9.17) is 0 Å². The molecule has 0 fully saturated rings. The molecule has 0 spiro atoms. The first kappa shape index (κ1) is 21.8. The second-order valence-electron chi connectivity index (χ2n) is 7.17. The number of benzene rings is 3. The van der Waals surface area contributed by atoms with Gasteiger partial charge in [0.2, 0.25) is 0 Å². The van der Waals surface area contributed by atoms with E-state index < -0.39 is 29.6 Å². The molecule has 1 heterocycles. The van der Waals surface area contributed by atoms with E-state index >= 15 is 0 Å². The summed E-state index contributed by atoms with van der Waals surface area (Å²) in [5, 5.41) is 32.8. The van der Waals surface area contributed by atoms with Crippen LogP contribution in [0.15, 0.2) is 76.0 Å². The summed E-state index contributed by atoms with van der Waals surface area (Å²) in [4.78, 5) is 24.0. The molecule has 1 aliphatic heterocycles. The summed E-state index contributed by atoms with van der Waals surface area (Å²) >= 11 is 0. The van der Waals surface area contributed by atoms with Gasteiger partial charge < -0.3 is 10.2 Å². The number of carboxylic acids is 1. The SMILES string of the molecule is CC1=NN(c2ccc(F)c(F)c2)C(=O)C1N=Nc1cccc(-c2cccc(C(=O)O)c2)c1O. The Bertz CT molecular complexity index is 1340. The molecule has 2 N–H and O–H groups in total. The zero-order valence-corrected chi connectivity index (χ0v) is 17.1. The number of carboxylic acid groups (broad SMARTS) is 1. The molecule has 8 nitrogen and oxygen atoms in total. The highest BCUT2D eigenvalue weighted by Gasteiger charge is 2.35. The molecule has 1 unspecified atom stereocenters. The lowest BCUT2D eigenvalue weighted by Gasteiger charge is -2.12. The number of nitrogens with zero attached hydrogens (tertiary/aromatic N) is 4. The van der Waals surface area contributed by atoms with Crippen molar-refractivity contribution in [2.24, 2.45) is 15.3 Å². The summed E-state index contributed by atoms with van der Waals surface area (Å²) in [6.45, 7) is 1.54. The average Bonchev–Trinajstić information content (AvgIpc) is 3.08. The van der Waals surface area contributed by atoms with Crippen LogP contribution in [0.2, 0.25) is 0 Å². The topological polar surface area (TPSA) is 115 Å². The summed E-state index contributed by atoms with van der Waals surface area (Å²) < 4.78 is 26.7. The van der Waals surface area contributed by atoms with Crippen molar-refractivity contribution in [3.63, 3.8) is 0 Å². The molecular weight excluding hydrogens is 434 g/mol. The first-order chi connectivity index (χ1) is 15.8. The molecule has 0 radical (unpaired) electrons. The molecule has 1 aliphatic rings. The summed E-state index contributed by atoms with van der Waals surface area (Å²) in [5.74, 6) is -4.14. The van der Waals surface area contributed by atoms with Crippen LogP contribution in [0.4, 0.5) is 20.2 Å². The maximum Gasteiger partial charge on any atom is 0.335 e. The molecule has 0 saturated heterocycles. The van der Waals surface area contributed by atoms with E-state index in [9.17, 15) is 28.6 Å². The number of amides is 1. The molecule has 0 aromatic heterocycles. The van der Waals surface area contributed by atoms with Gasteiger partial charge in [-0.1, -0.05) is 24.3 Å². The zero-order chi connectivity index (χ0) is 23.7. The third-order valence-corrected chi connectivity index (χ3v) is 4.96. The lowest BCUT2D eigenvalue weighted by atomic mass is 10.0. The van der Waals surface area contributed by atoms with E-state index in [0.717, 1.165) is 17.1 Å².